The second-order valence-electron chi connectivity index (χ2n) is 5.10. The number of alkyl halides is 3. The molecule has 0 radical (unpaired) electrons. The molecule has 8 heteroatoms. The second kappa shape index (κ2) is 8.89. The van der Waals surface area contributed by atoms with Crippen molar-refractivity contribution < 1.29 is 27.5 Å². The minimum atomic E-state index is -4.56. The van der Waals surface area contributed by atoms with Crippen molar-refractivity contribution >= 4 is 17.8 Å². The molecule has 0 aliphatic rings. The highest BCUT2D eigenvalue weighted by Crippen LogP contribution is 2.34. The standard InChI is InChI=1S/C18H17F3N2O3/c1-2-25-14-9-7-13(8-10-14)11-22-26-12-17(24)23-16-6-4-3-5-15(16)18(19,20)21/h3-11H,2,12H2,1H3,(H,23,24)/b22-11-. The third-order valence-corrected chi connectivity index (χ3v) is 3.17. The fourth-order valence-electron chi connectivity index (χ4n) is 2.04. The van der Waals surface area contributed by atoms with Crippen LogP contribution in [0.1, 0.15) is 18.1 Å². The van der Waals surface area contributed by atoms with E-state index in [-0.39, 0.29) is 5.69 Å². The fraction of sp³-hybridized carbons (Fsp3) is 0.222. The number of nitrogens with zero attached hydrogens (tertiary/aromatic N) is 1. The van der Waals surface area contributed by atoms with Crippen LogP contribution in [0.4, 0.5) is 18.9 Å². The summed E-state index contributed by atoms with van der Waals surface area (Å²) in [4.78, 5) is 16.5. The van der Waals surface area contributed by atoms with Crippen LogP contribution in [0, 0.1) is 0 Å². The number of hydrogen-bond donors (Lipinski definition) is 1. The lowest BCUT2D eigenvalue weighted by Crippen LogP contribution is -2.20. The maximum Gasteiger partial charge on any atom is 0.418 e. The third kappa shape index (κ3) is 5.80. The Morgan fingerprint density at radius 3 is 2.50 bits per heavy atom. The number of benzene rings is 2. The lowest BCUT2D eigenvalue weighted by molar-refractivity contribution is -0.137. The molecule has 1 N–H and O–H groups in total. The van der Waals surface area contributed by atoms with Crippen LogP contribution in [0.3, 0.4) is 0 Å². The molecule has 5 nitrogen and oxygen atoms in total. The van der Waals surface area contributed by atoms with Gasteiger partial charge in [0.1, 0.15) is 5.75 Å². The van der Waals surface area contributed by atoms with Crippen molar-refractivity contribution in [1.82, 2.24) is 0 Å². The smallest absolute Gasteiger partial charge is 0.418 e. The Kier molecular flexibility index (Phi) is 6.60. The summed E-state index contributed by atoms with van der Waals surface area (Å²) in [5, 5.41) is 5.78. The SMILES string of the molecule is CCOc1ccc(/C=N\OCC(=O)Nc2ccccc2C(F)(F)F)cc1. The van der Waals surface area contributed by atoms with Crippen LogP contribution < -0.4 is 10.1 Å². The third-order valence-electron chi connectivity index (χ3n) is 3.17. The minimum absolute atomic E-state index is 0.330. The first-order valence-electron chi connectivity index (χ1n) is 7.74. The van der Waals surface area contributed by atoms with Gasteiger partial charge in [-0.1, -0.05) is 17.3 Å². The van der Waals surface area contributed by atoms with Crippen LogP contribution in [0.25, 0.3) is 0 Å². The Labute approximate surface area is 148 Å². The average Bonchev–Trinajstić information content (AvgIpc) is 2.60. The molecule has 0 aliphatic carbocycles. The number of hydrogen-bond acceptors (Lipinski definition) is 4. The molecule has 0 saturated carbocycles. The largest absolute Gasteiger partial charge is 0.494 e. The quantitative estimate of drug-likeness (QED) is 0.593. The van der Waals surface area contributed by atoms with E-state index in [1.807, 2.05) is 6.92 Å². The average molecular weight is 366 g/mol. The van der Waals surface area contributed by atoms with Crippen LogP contribution in [0.15, 0.2) is 53.7 Å². The molecular formula is C18H17F3N2O3. The van der Waals surface area contributed by atoms with Gasteiger partial charge in [-0.25, -0.2) is 0 Å². The van der Waals surface area contributed by atoms with Gasteiger partial charge in [0.2, 0.25) is 0 Å². The molecule has 1 amide bonds. The van der Waals surface area contributed by atoms with Crippen molar-refractivity contribution in [2.75, 3.05) is 18.5 Å². The summed E-state index contributed by atoms with van der Waals surface area (Å²) in [6.45, 7) is 1.92. The van der Waals surface area contributed by atoms with Crippen LogP contribution in [0.2, 0.25) is 0 Å². The number of para-hydroxylation sites is 1. The van der Waals surface area contributed by atoms with E-state index in [2.05, 4.69) is 10.5 Å². The monoisotopic (exact) mass is 366 g/mol. The lowest BCUT2D eigenvalue weighted by Gasteiger charge is -2.12. The van der Waals surface area contributed by atoms with E-state index in [4.69, 9.17) is 9.57 Å². The van der Waals surface area contributed by atoms with Gasteiger partial charge in [0, 0.05) is 0 Å². The van der Waals surface area contributed by atoms with Gasteiger partial charge in [-0.15, -0.1) is 0 Å². The Morgan fingerprint density at radius 2 is 1.85 bits per heavy atom. The van der Waals surface area contributed by atoms with E-state index in [1.54, 1.807) is 24.3 Å². The van der Waals surface area contributed by atoms with Gasteiger partial charge in [-0.2, -0.15) is 13.2 Å². The first-order chi connectivity index (χ1) is 12.4. The second-order valence-corrected chi connectivity index (χ2v) is 5.10. The van der Waals surface area contributed by atoms with Gasteiger partial charge in [-0.05, 0) is 48.9 Å². The van der Waals surface area contributed by atoms with Gasteiger partial charge in [0.25, 0.3) is 5.91 Å². The summed E-state index contributed by atoms with van der Waals surface area (Å²) in [6, 6.07) is 11.7. The fourth-order valence-corrected chi connectivity index (χ4v) is 2.04. The summed E-state index contributed by atoms with van der Waals surface area (Å²) in [5.41, 5.74) is -0.536. The number of nitrogens with one attached hydrogen (secondary N) is 1. The van der Waals surface area contributed by atoms with E-state index in [0.717, 1.165) is 11.6 Å². The van der Waals surface area contributed by atoms with E-state index < -0.39 is 24.3 Å². The molecule has 0 aliphatic heterocycles. The van der Waals surface area contributed by atoms with Gasteiger partial charge in [0.15, 0.2) is 6.61 Å². The van der Waals surface area contributed by atoms with Crippen molar-refractivity contribution in [3.8, 4) is 5.75 Å². The molecule has 2 aromatic carbocycles. The molecule has 0 fully saturated rings. The van der Waals surface area contributed by atoms with Crippen molar-refractivity contribution in [3.63, 3.8) is 0 Å². The molecule has 0 spiro atoms. The highest BCUT2D eigenvalue weighted by Gasteiger charge is 2.33. The highest BCUT2D eigenvalue weighted by molar-refractivity contribution is 5.92. The normalized spacial score (nSPS) is 11.4. The number of ether oxygens (including phenoxy) is 1. The molecule has 0 unspecified atom stereocenters. The number of anilines is 1. The van der Waals surface area contributed by atoms with Crippen LogP contribution in [-0.4, -0.2) is 25.3 Å². The summed E-state index contributed by atoms with van der Waals surface area (Å²) in [6.07, 6.45) is -3.18. The summed E-state index contributed by atoms with van der Waals surface area (Å²) in [5.74, 6) is -0.0289. The molecule has 26 heavy (non-hydrogen) atoms. The van der Waals surface area contributed by atoms with Gasteiger partial charge >= 0.3 is 6.18 Å². The molecule has 0 heterocycles. The first-order valence-corrected chi connectivity index (χ1v) is 7.74. The summed E-state index contributed by atoms with van der Waals surface area (Å²) in [7, 11) is 0. The van der Waals surface area contributed by atoms with Crippen LogP contribution >= 0.6 is 0 Å². The van der Waals surface area contributed by atoms with Crippen molar-refractivity contribution in [3.05, 3.63) is 59.7 Å². The van der Waals surface area contributed by atoms with Gasteiger partial charge < -0.3 is 14.9 Å². The number of oxime groups is 1. The van der Waals surface area contributed by atoms with Crippen LogP contribution in [0.5, 0.6) is 5.75 Å². The lowest BCUT2D eigenvalue weighted by atomic mass is 10.1. The Bertz CT molecular complexity index is 759. The summed E-state index contributed by atoms with van der Waals surface area (Å²) >= 11 is 0. The molecular weight excluding hydrogens is 349 g/mol. The molecule has 0 saturated heterocycles. The van der Waals surface area contributed by atoms with E-state index in [9.17, 15) is 18.0 Å². The zero-order valence-corrected chi connectivity index (χ0v) is 13.9. The highest BCUT2D eigenvalue weighted by atomic mass is 19.4. The van der Waals surface area contributed by atoms with Crippen LogP contribution in [-0.2, 0) is 15.8 Å². The minimum Gasteiger partial charge on any atom is -0.494 e. The van der Waals surface area contributed by atoms with Crippen molar-refractivity contribution in [1.29, 1.82) is 0 Å². The molecule has 0 bridgehead atoms. The Morgan fingerprint density at radius 1 is 1.15 bits per heavy atom. The molecule has 0 atom stereocenters. The predicted molar refractivity (Wildman–Crippen MR) is 91.2 cm³/mol. The van der Waals surface area contributed by atoms with E-state index >= 15 is 0 Å². The first kappa shape index (κ1) is 19.3. The Balaban J connectivity index is 1.86. The number of carbonyl (C=O) groups excluding carboxylic acids is 1. The molecule has 138 valence electrons. The van der Waals surface area contributed by atoms with Crippen molar-refractivity contribution in [2.24, 2.45) is 5.16 Å². The number of amides is 1. The Hall–Kier alpha value is -3.03. The zero-order valence-electron chi connectivity index (χ0n) is 13.9. The molecule has 2 rings (SSSR count). The number of halogens is 3. The number of rotatable bonds is 7. The van der Waals surface area contributed by atoms with E-state index in [0.29, 0.717) is 12.4 Å². The van der Waals surface area contributed by atoms with Gasteiger partial charge in [-0.3, -0.25) is 4.79 Å². The number of carbonyl (C=O) groups is 1. The maximum absolute atomic E-state index is 12.9. The van der Waals surface area contributed by atoms with E-state index in [1.165, 1.54) is 24.4 Å². The van der Waals surface area contributed by atoms with Crippen molar-refractivity contribution in [2.45, 2.75) is 13.1 Å². The zero-order chi connectivity index (χ0) is 19.0. The molecule has 0 aromatic heterocycles. The predicted octanol–water partition coefficient (Wildman–Crippen LogP) is 4.09. The topological polar surface area (TPSA) is 59.9 Å². The molecule has 2 aromatic rings. The summed E-state index contributed by atoms with van der Waals surface area (Å²) < 4.78 is 43.9. The van der Waals surface area contributed by atoms with Gasteiger partial charge in [0.05, 0.1) is 24.1 Å². The maximum atomic E-state index is 12.9.